The number of hydrogen-bond donors (Lipinski definition) is 1. The van der Waals surface area contributed by atoms with Gasteiger partial charge in [-0.3, -0.25) is 4.79 Å². The van der Waals surface area contributed by atoms with Crippen molar-refractivity contribution in [2.75, 3.05) is 7.11 Å². The third kappa shape index (κ3) is 4.39. The monoisotopic (exact) mass is 364 g/mol. The minimum atomic E-state index is -0.407. The van der Waals surface area contributed by atoms with E-state index in [0.717, 1.165) is 4.47 Å². The predicted molar refractivity (Wildman–Crippen MR) is 86.5 cm³/mol. The average Bonchev–Trinajstić information content (AvgIpc) is 2.50. The number of carbonyl (C=O) groups is 1. The molecular formula is C16H14BrFN2O2. The highest BCUT2D eigenvalue weighted by Gasteiger charge is 2.06. The number of hydrazone groups is 1. The van der Waals surface area contributed by atoms with Gasteiger partial charge in [-0.05, 0) is 29.8 Å². The van der Waals surface area contributed by atoms with Crippen LogP contribution >= 0.6 is 15.9 Å². The van der Waals surface area contributed by atoms with E-state index in [1.165, 1.54) is 12.3 Å². The smallest absolute Gasteiger partial charge is 0.244 e. The first kappa shape index (κ1) is 16.2. The molecule has 0 fully saturated rings. The lowest BCUT2D eigenvalue weighted by Gasteiger charge is -2.05. The summed E-state index contributed by atoms with van der Waals surface area (Å²) in [6.07, 6.45) is 1.41. The number of nitrogens with one attached hydrogen (secondary N) is 1. The SMILES string of the molecule is COc1ccc(Br)cc1/C=N/NC(=O)Cc1ccccc1F. The van der Waals surface area contributed by atoms with Gasteiger partial charge in [-0.25, -0.2) is 9.82 Å². The lowest BCUT2D eigenvalue weighted by Crippen LogP contribution is -2.20. The Morgan fingerprint density at radius 3 is 2.86 bits per heavy atom. The van der Waals surface area contributed by atoms with Crippen LogP contribution in [0.4, 0.5) is 4.39 Å². The van der Waals surface area contributed by atoms with E-state index in [-0.39, 0.29) is 6.42 Å². The fraction of sp³-hybridized carbons (Fsp3) is 0.125. The van der Waals surface area contributed by atoms with Crippen molar-refractivity contribution < 1.29 is 13.9 Å². The van der Waals surface area contributed by atoms with E-state index in [4.69, 9.17) is 4.74 Å². The summed E-state index contributed by atoms with van der Waals surface area (Å²) >= 11 is 3.35. The first-order valence-corrected chi connectivity index (χ1v) is 7.28. The van der Waals surface area contributed by atoms with E-state index < -0.39 is 11.7 Å². The zero-order valence-corrected chi connectivity index (χ0v) is 13.4. The predicted octanol–water partition coefficient (Wildman–Crippen LogP) is 3.29. The van der Waals surface area contributed by atoms with Crippen molar-refractivity contribution >= 4 is 28.1 Å². The number of carbonyl (C=O) groups excluding carboxylic acids is 1. The van der Waals surface area contributed by atoms with Crippen LogP contribution in [0.2, 0.25) is 0 Å². The minimum Gasteiger partial charge on any atom is -0.496 e. The Morgan fingerprint density at radius 1 is 1.36 bits per heavy atom. The quantitative estimate of drug-likeness (QED) is 0.653. The zero-order valence-electron chi connectivity index (χ0n) is 11.8. The molecule has 0 bridgehead atoms. The molecule has 2 aromatic carbocycles. The van der Waals surface area contributed by atoms with Crippen LogP contribution in [0.15, 0.2) is 52.0 Å². The van der Waals surface area contributed by atoms with E-state index in [0.29, 0.717) is 16.9 Å². The van der Waals surface area contributed by atoms with Crippen molar-refractivity contribution in [3.05, 3.63) is 63.9 Å². The molecule has 0 spiro atoms. The molecule has 0 aliphatic rings. The zero-order chi connectivity index (χ0) is 15.9. The van der Waals surface area contributed by atoms with E-state index in [1.54, 1.807) is 31.4 Å². The highest BCUT2D eigenvalue weighted by molar-refractivity contribution is 9.10. The molecule has 0 saturated heterocycles. The third-order valence-electron chi connectivity index (χ3n) is 2.89. The van der Waals surface area contributed by atoms with Gasteiger partial charge in [0.25, 0.3) is 0 Å². The topological polar surface area (TPSA) is 50.7 Å². The first-order chi connectivity index (χ1) is 10.6. The van der Waals surface area contributed by atoms with Crippen LogP contribution in [0.1, 0.15) is 11.1 Å². The average molecular weight is 365 g/mol. The van der Waals surface area contributed by atoms with E-state index in [2.05, 4.69) is 26.5 Å². The molecule has 2 aromatic rings. The van der Waals surface area contributed by atoms with Crippen LogP contribution in [0.3, 0.4) is 0 Å². The van der Waals surface area contributed by atoms with Gasteiger partial charge < -0.3 is 4.74 Å². The highest BCUT2D eigenvalue weighted by atomic mass is 79.9. The number of methoxy groups -OCH3 is 1. The van der Waals surface area contributed by atoms with Crippen LogP contribution in [0.5, 0.6) is 5.75 Å². The maximum absolute atomic E-state index is 13.4. The molecule has 0 aliphatic heterocycles. The van der Waals surface area contributed by atoms with Crippen LogP contribution in [0.25, 0.3) is 0 Å². The molecule has 1 N–H and O–H groups in total. The number of ether oxygens (including phenoxy) is 1. The summed E-state index contributed by atoms with van der Waals surface area (Å²) in [6.45, 7) is 0. The number of rotatable bonds is 5. The number of hydrogen-bond acceptors (Lipinski definition) is 3. The van der Waals surface area contributed by atoms with E-state index in [9.17, 15) is 9.18 Å². The van der Waals surface area contributed by atoms with Gasteiger partial charge >= 0.3 is 0 Å². The van der Waals surface area contributed by atoms with Crippen LogP contribution in [0, 0.1) is 5.82 Å². The Bertz CT molecular complexity index is 704. The molecule has 1 amide bonds. The van der Waals surface area contributed by atoms with E-state index >= 15 is 0 Å². The van der Waals surface area contributed by atoms with Gasteiger partial charge in [0.15, 0.2) is 0 Å². The van der Waals surface area contributed by atoms with Crippen LogP contribution in [-0.2, 0) is 11.2 Å². The molecule has 0 unspecified atom stereocenters. The molecule has 6 heteroatoms. The van der Waals surface area contributed by atoms with Crippen molar-refractivity contribution in [3.8, 4) is 5.75 Å². The minimum absolute atomic E-state index is 0.0698. The van der Waals surface area contributed by atoms with Crippen molar-refractivity contribution in [1.29, 1.82) is 0 Å². The molecule has 4 nitrogen and oxygen atoms in total. The van der Waals surface area contributed by atoms with Crippen LogP contribution < -0.4 is 10.2 Å². The number of nitrogens with zero attached hydrogens (tertiary/aromatic N) is 1. The molecular weight excluding hydrogens is 351 g/mol. The Morgan fingerprint density at radius 2 is 2.14 bits per heavy atom. The molecule has 0 aliphatic carbocycles. The fourth-order valence-electron chi connectivity index (χ4n) is 1.83. The molecule has 0 saturated carbocycles. The third-order valence-corrected chi connectivity index (χ3v) is 3.39. The Hall–Kier alpha value is -2.21. The fourth-order valence-corrected chi connectivity index (χ4v) is 2.21. The first-order valence-electron chi connectivity index (χ1n) is 6.49. The van der Waals surface area contributed by atoms with Gasteiger partial charge in [0.05, 0.1) is 19.7 Å². The molecule has 114 valence electrons. The second-order valence-electron chi connectivity index (χ2n) is 4.45. The van der Waals surface area contributed by atoms with Crippen molar-refractivity contribution in [3.63, 3.8) is 0 Å². The van der Waals surface area contributed by atoms with Gasteiger partial charge in [0.2, 0.25) is 5.91 Å². The Kier molecular flexibility index (Phi) is 5.66. The van der Waals surface area contributed by atoms with E-state index in [1.807, 2.05) is 12.1 Å². The number of amides is 1. The summed E-state index contributed by atoms with van der Waals surface area (Å²) in [5.74, 6) is -0.166. The van der Waals surface area contributed by atoms with Gasteiger partial charge in [0, 0.05) is 10.0 Å². The maximum atomic E-state index is 13.4. The largest absolute Gasteiger partial charge is 0.496 e. The van der Waals surface area contributed by atoms with Gasteiger partial charge in [-0.2, -0.15) is 5.10 Å². The summed E-state index contributed by atoms with van der Waals surface area (Å²) in [6, 6.07) is 11.6. The maximum Gasteiger partial charge on any atom is 0.244 e. The second kappa shape index (κ2) is 7.70. The summed E-state index contributed by atoms with van der Waals surface area (Å²) in [5, 5.41) is 3.87. The number of benzene rings is 2. The lowest BCUT2D eigenvalue weighted by molar-refractivity contribution is -0.120. The number of halogens is 2. The molecule has 0 radical (unpaired) electrons. The van der Waals surface area contributed by atoms with Crippen molar-refractivity contribution in [1.82, 2.24) is 5.43 Å². The van der Waals surface area contributed by atoms with Crippen LogP contribution in [-0.4, -0.2) is 19.2 Å². The standard InChI is InChI=1S/C16H14BrFN2O2/c1-22-15-7-6-13(17)8-12(15)10-19-20-16(21)9-11-4-2-3-5-14(11)18/h2-8,10H,9H2,1H3,(H,20,21)/b19-10+. The molecule has 0 heterocycles. The van der Waals surface area contributed by atoms with Crippen molar-refractivity contribution in [2.24, 2.45) is 5.10 Å². The van der Waals surface area contributed by atoms with Gasteiger partial charge in [-0.15, -0.1) is 0 Å². The summed E-state index contributed by atoms with van der Waals surface area (Å²) in [4.78, 5) is 11.7. The van der Waals surface area contributed by atoms with Gasteiger partial charge in [-0.1, -0.05) is 34.1 Å². The summed E-state index contributed by atoms with van der Waals surface area (Å²) in [7, 11) is 1.55. The second-order valence-corrected chi connectivity index (χ2v) is 5.36. The van der Waals surface area contributed by atoms with Gasteiger partial charge in [0.1, 0.15) is 11.6 Å². The molecule has 2 rings (SSSR count). The highest BCUT2D eigenvalue weighted by Crippen LogP contribution is 2.21. The Balaban J connectivity index is 1.99. The summed E-state index contributed by atoms with van der Waals surface area (Å²) in [5.41, 5.74) is 3.41. The van der Waals surface area contributed by atoms with Crippen molar-refractivity contribution in [2.45, 2.75) is 6.42 Å². The molecule has 0 aromatic heterocycles. The molecule has 22 heavy (non-hydrogen) atoms. The normalized spacial score (nSPS) is 10.7. The Labute approximate surface area is 136 Å². The lowest BCUT2D eigenvalue weighted by atomic mass is 10.1. The summed E-state index contributed by atoms with van der Waals surface area (Å²) < 4.78 is 19.5. The molecule has 0 atom stereocenters.